The van der Waals surface area contributed by atoms with Gasteiger partial charge in [-0.05, 0) is 69.3 Å². The molecule has 1 unspecified atom stereocenters. The van der Waals surface area contributed by atoms with Gasteiger partial charge < -0.3 is 15.2 Å². The molecule has 0 amide bonds. The summed E-state index contributed by atoms with van der Waals surface area (Å²) in [4.78, 5) is 11.4. The SMILES string of the molecule is CC.CC(/C=C/[C@]1(C)CC(NC2CC2)CC[C@H]1C)=C\Cc1c(O)c(C=O)c(C)c(Cl)c1OCF. The van der Waals surface area contributed by atoms with Crippen LogP contribution in [0.3, 0.4) is 0 Å². The summed E-state index contributed by atoms with van der Waals surface area (Å²) in [6, 6.07) is 1.29. The van der Waals surface area contributed by atoms with Crippen LogP contribution in [0.1, 0.15) is 88.2 Å². The Labute approximate surface area is 209 Å². The molecule has 1 aromatic rings. The Bertz CT molecular complexity index is 910. The number of alkyl halides is 1. The molecule has 0 spiro atoms. The van der Waals surface area contributed by atoms with Crippen LogP contribution in [0, 0.1) is 18.3 Å². The number of carbonyl (C=O) groups is 1. The summed E-state index contributed by atoms with van der Waals surface area (Å²) in [6.07, 6.45) is 13.4. The monoisotopic (exact) mass is 493 g/mol. The van der Waals surface area contributed by atoms with Crippen LogP contribution >= 0.6 is 11.6 Å². The molecule has 2 aliphatic rings. The number of hydrogen-bond acceptors (Lipinski definition) is 4. The molecule has 2 N–H and O–H groups in total. The molecule has 2 fully saturated rings. The zero-order chi connectivity index (χ0) is 25.5. The van der Waals surface area contributed by atoms with Gasteiger partial charge in [-0.3, -0.25) is 4.79 Å². The van der Waals surface area contributed by atoms with Crippen LogP contribution in [-0.2, 0) is 6.42 Å². The Morgan fingerprint density at radius 2 is 1.91 bits per heavy atom. The van der Waals surface area contributed by atoms with Gasteiger partial charge in [-0.1, -0.05) is 63.1 Å². The normalized spacial score (nSPS) is 25.1. The van der Waals surface area contributed by atoms with E-state index in [0.717, 1.165) is 12.0 Å². The van der Waals surface area contributed by atoms with Gasteiger partial charge in [-0.15, -0.1) is 0 Å². The van der Waals surface area contributed by atoms with Crippen LogP contribution in [0.25, 0.3) is 0 Å². The Kier molecular flexibility index (Phi) is 10.6. The quantitative estimate of drug-likeness (QED) is 0.276. The summed E-state index contributed by atoms with van der Waals surface area (Å²) in [6.45, 7) is 11.2. The molecule has 2 saturated carbocycles. The summed E-state index contributed by atoms with van der Waals surface area (Å²) in [5.74, 6) is 0.480. The van der Waals surface area contributed by atoms with Gasteiger partial charge in [-0.2, -0.15) is 0 Å². The number of phenols is 1. The first-order valence-electron chi connectivity index (χ1n) is 12.5. The zero-order valence-electron chi connectivity index (χ0n) is 21.5. The van der Waals surface area contributed by atoms with Crippen LogP contribution < -0.4 is 10.1 Å². The second-order valence-corrected chi connectivity index (χ2v) is 10.1. The van der Waals surface area contributed by atoms with Gasteiger partial charge in [0.1, 0.15) is 11.5 Å². The van der Waals surface area contributed by atoms with Crippen LogP contribution in [0.4, 0.5) is 4.39 Å². The summed E-state index contributed by atoms with van der Waals surface area (Å²) < 4.78 is 18.0. The largest absolute Gasteiger partial charge is 0.507 e. The summed E-state index contributed by atoms with van der Waals surface area (Å²) in [5.41, 5.74) is 1.93. The number of phenolic OH excluding ortho intramolecular Hbond substituents is 1. The Morgan fingerprint density at radius 1 is 1.26 bits per heavy atom. The van der Waals surface area contributed by atoms with E-state index in [0.29, 0.717) is 35.4 Å². The van der Waals surface area contributed by atoms with Crippen LogP contribution in [-0.4, -0.2) is 30.3 Å². The van der Waals surface area contributed by atoms with E-state index in [4.69, 9.17) is 16.3 Å². The maximum absolute atomic E-state index is 12.9. The van der Waals surface area contributed by atoms with E-state index in [-0.39, 0.29) is 33.9 Å². The number of hydrogen-bond donors (Lipinski definition) is 2. The topological polar surface area (TPSA) is 58.6 Å². The van der Waals surface area contributed by atoms with E-state index in [1.807, 2.05) is 26.8 Å². The number of aldehydes is 1. The lowest BCUT2D eigenvalue weighted by molar-refractivity contribution is 0.112. The molecule has 0 saturated heterocycles. The molecule has 0 aliphatic heterocycles. The highest BCUT2D eigenvalue weighted by Crippen LogP contribution is 2.44. The number of nitrogens with one attached hydrogen (secondary N) is 1. The molecule has 190 valence electrons. The van der Waals surface area contributed by atoms with Crippen molar-refractivity contribution >= 4 is 17.9 Å². The van der Waals surface area contributed by atoms with E-state index in [2.05, 4.69) is 31.3 Å². The first-order chi connectivity index (χ1) is 16.2. The van der Waals surface area contributed by atoms with Crippen molar-refractivity contribution in [3.63, 3.8) is 0 Å². The van der Waals surface area contributed by atoms with Gasteiger partial charge in [0.15, 0.2) is 6.29 Å². The van der Waals surface area contributed by atoms with Crippen molar-refractivity contribution in [2.24, 2.45) is 11.3 Å². The minimum absolute atomic E-state index is 0.0876. The molecule has 0 aromatic heterocycles. The number of rotatable bonds is 9. The lowest BCUT2D eigenvalue weighted by Crippen LogP contribution is -2.42. The molecule has 4 nitrogen and oxygen atoms in total. The molecule has 34 heavy (non-hydrogen) atoms. The van der Waals surface area contributed by atoms with Crippen molar-refractivity contribution in [2.75, 3.05) is 6.86 Å². The fraction of sp³-hybridized carbons (Fsp3) is 0.607. The highest BCUT2D eigenvalue weighted by Gasteiger charge is 2.37. The summed E-state index contributed by atoms with van der Waals surface area (Å²) >= 11 is 6.30. The minimum atomic E-state index is -1.07. The second-order valence-electron chi connectivity index (χ2n) is 9.69. The molecule has 3 atom stereocenters. The van der Waals surface area contributed by atoms with Crippen molar-refractivity contribution < 1.29 is 19.0 Å². The van der Waals surface area contributed by atoms with E-state index in [9.17, 15) is 14.3 Å². The average Bonchev–Trinajstić information content (AvgIpc) is 3.64. The number of halogens is 2. The van der Waals surface area contributed by atoms with E-state index in [1.165, 1.54) is 25.7 Å². The molecule has 3 rings (SSSR count). The van der Waals surface area contributed by atoms with E-state index < -0.39 is 6.86 Å². The molecular weight excluding hydrogens is 453 g/mol. The van der Waals surface area contributed by atoms with Crippen LogP contribution in [0.5, 0.6) is 11.5 Å². The molecular formula is C28H41ClFNO3. The molecule has 1 aromatic carbocycles. The fourth-order valence-electron chi connectivity index (χ4n) is 4.63. The number of allylic oxidation sites excluding steroid dienone is 4. The third-order valence-electron chi connectivity index (χ3n) is 7.23. The summed E-state index contributed by atoms with van der Waals surface area (Å²) in [7, 11) is 0. The molecule has 2 aliphatic carbocycles. The lowest BCUT2D eigenvalue weighted by Gasteiger charge is -2.42. The maximum atomic E-state index is 12.9. The third kappa shape index (κ3) is 6.85. The van der Waals surface area contributed by atoms with Gasteiger partial charge in [0.05, 0.1) is 10.6 Å². The van der Waals surface area contributed by atoms with Gasteiger partial charge >= 0.3 is 0 Å². The number of benzene rings is 1. The van der Waals surface area contributed by atoms with Crippen molar-refractivity contribution in [3.8, 4) is 11.5 Å². The highest BCUT2D eigenvalue weighted by atomic mass is 35.5. The molecule has 0 bridgehead atoms. The van der Waals surface area contributed by atoms with Crippen LogP contribution in [0.15, 0.2) is 23.8 Å². The van der Waals surface area contributed by atoms with Crippen molar-refractivity contribution in [1.29, 1.82) is 0 Å². The smallest absolute Gasteiger partial charge is 0.228 e. The van der Waals surface area contributed by atoms with Crippen molar-refractivity contribution in [2.45, 2.75) is 92.2 Å². The molecule has 6 heteroatoms. The first kappa shape index (κ1) is 28.4. The predicted molar refractivity (Wildman–Crippen MR) is 139 cm³/mol. The van der Waals surface area contributed by atoms with Gasteiger partial charge in [0.2, 0.25) is 6.86 Å². The standard InChI is InChI=1S/C26H35ClFNO3.C2H6/c1-16(11-12-26(4)13-20(7-6-17(26)2)29-19-8-9-19)5-10-21-24(31)22(14-30)18(3)23(27)25(21)32-15-28;1-2/h5,11-12,14,17,19-20,29,31H,6-10,13,15H2,1-4H3;1-2H3/b12-11+,16-5+;/t17-,20?,26-;/m1./s1. The molecule has 0 heterocycles. The Balaban J connectivity index is 0.00000199. The number of ether oxygens (including phenoxy) is 1. The highest BCUT2D eigenvalue weighted by molar-refractivity contribution is 6.33. The van der Waals surface area contributed by atoms with Gasteiger partial charge in [0, 0.05) is 17.6 Å². The third-order valence-corrected chi connectivity index (χ3v) is 7.68. The van der Waals surface area contributed by atoms with E-state index >= 15 is 0 Å². The van der Waals surface area contributed by atoms with Gasteiger partial charge in [-0.25, -0.2) is 4.39 Å². The van der Waals surface area contributed by atoms with E-state index in [1.54, 1.807) is 6.92 Å². The van der Waals surface area contributed by atoms with Gasteiger partial charge in [0.25, 0.3) is 0 Å². The maximum Gasteiger partial charge on any atom is 0.228 e. The Morgan fingerprint density at radius 3 is 2.50 bits per heavy atom. The predicted octanol–water partition coefficient (Wildman–Crippen LogP) is 7.49. The molecule has 0 radical (unpaired) electrons. The summed E-state index contributed by atoms with van der Waals surface area (Å²) in [5, 5.41) is 14.5. The van der Waals surface area contributed by atoms with Crippen molar-refractivity contribution in [3.05, 3.63) is 45.5 Å². The second kappa shape index (κ2) is 12.7. The number of aromatic hydroxyl groups is 1. The van der Waals surface area contributed by atoms with Crippen molar-refractivity contribution in [1.82, 2.24) is 5.32 Å². The zero-order valence-corrected chi connectivity index (χ0v) is 22.3. The first-order valence-corrected chi connectivity index (χ1v) is 12.9. The fourth-order valence-corrected chi connectivity index (χ4v) is 4.90. The lowest BCUT2D eigenvalue weighted by atomic mass is 9.66. The average molecular weight is 494 g/mol. The number of carbonyl (C=O) groups excluding carboxylic acids is 1. The van der Waals surface area contributed by atoms with Crippen LogP contribution in [0.2, 0.25) is 5.02 Å². The Hall–Kier alpha value is -1.85. The minimum Gasteiger partial charge on any atom is -0.507 e.